The summed E-state index contributed by atoms with van der Waals surface area (Å²) in [5.41, 5.74) is 0.807. The number of aliphatic hydroxyl groups is 1. The molecule has 0 spiro atoms. The maximum atomic E-state index is 13.8. The summed E-state index contributed by atoms with van der Waals surface area (Å²) in [6, 6.07) is 6.47. The molecular weight excluding hydrogens is 254 g/mol. The number of hydrogen-bond donors (Lipinski definition) is 1. The van der Waals surface area contributed by atoms with Crippen LogP contribution < -0.4 is 0 Å². The maximum absolute atomic E-state index is 13.8. The van der Waals surface area contributed by atoms with Crippen LogP contribution in [0.4, 0.5) is 8.78 Å². The fraction of sp³-hybridized carbons (Fsp3) is 0.500. The van der Waals surface area contributed by atoms with E-state index in [4.69, 9.17) is 0 Å². The number of esters is 1. The van der Waals surface area contributed by atoms with Crippen molar-refractivity contribution < 1.29 is 23.4 Å². The third-order valence-corrected chi connectivity index (χ3v) is 3.20. The van der Waals surface area contributed by atoms with Crippen LogP contribution in [0.1, 0.15) is 42.9 Å². The number of ether oxygens (including phenoxy) is 1. The van der Waals surface area contributed by atoms with E-state index in [-0.39, 0.29) is 18.1 Å². The van der Waals surface area contributed by atoms with Crippen molar-refractivity contribution in [1.82, 2.24) is 0 Å². The molecular formula is C14H16F2O3. The fourth-order valence-electron chi connectivity index (χ4n) is 2.06. The molecule has 1 unspecified atom stereocenters. The molecule has 0 radical (unpaired) electrons. The Labute approximate surface area is 110 Å². The molecule has 104 valence electrons. The molecule has 1 aliphatic carbocycles. The van der Waals surface area contributed by atoms with Crippen LogP contribution in [0.3, 0.4) is 0 Å². The van der Waals surface area contributed by atoms with Crippen LogP contribution in [-0.4, -0.2) is 23.6 Å². The highest BCUT2D eigenvalue weighted by Gasteiger charge is 2.50. The highest BCUT2D eigenvalue weighted by atomic mass is 19.3. The summed E-state index contributed by atoms with van der Waals surface area (Å²) in [5.74, 6) is -5.40. The van der Waals surface area contributed by atoms with Gasteiger partial charge < -0.3 is 9.84 Å². The van der Waals surface area contributed by atoms with Crippen molar-refractivity contribution >= 4 is 5.97 Å². The Morgan fingerprint density at radius 1 is 1.47 bits per heavy atom. The van der Waals surface area contributed by atoms with E-state index in [0.29, 0.717) is 5.56 Å². The van der Waals surface area contributed by atoms with Gasteiger partial charge in [-0.25, -0.2) is 4.79 Å². The zero-order valence-electron chi connectivity index (χ0n) is 10.6. The Balaban J connectivity index is 2.28. The summed E-state index contributed by atoms with van der Waals surface area (Å²) < 4.78 is 32.0. The number of benzene rings is 1. The van der Waals surface area contributed by atoms with Gasteiger partial charge in [-0.3, -0.25) is 0 Å². The Hall–Kier alpha value is -1.49. The maximum Gasteiger partial charge on any atom is 0.380 e. The van der Waals surface area contributed by atoms with Crippen molar-refractivity contribution in [3.63, 3.8) is 0 Å². The standard InChI is InChI=1S/C14H16F2O3/c1-2-19-13(18)14(15,16)12(17)11-6-4-3-5-10(11)9-7-8-9/h3-6,9,12,17H,2,7-8H2,1H3. The van der Waals surface area contributed by atoms with E-state index in [1.807, 2.05) is 0 Å². The molecule has 0 aliphatic heterocycles. The highest BCUT2D eigenvalue weighted by molar-refractivity contribution is 5.78. The van der Waals surface area contributed by atoms with Gasteiger partial charge in [0.15, 0.2) is 6.10 Å². The van der Waals surface area contributed by atoms with Crippen LogP contribution in [0.5, 0.6) is 0 Å². The van der Waals surface area contributed by atoms with Gasteiger partial charge in [-0.15, -0.1) is 0 Å². The van der Waals surface area contributed by atoms with E-state index in [1.165, 1.54) is 13.0 Å². The summed E-state index contributed by atoms with van der Waals surface area (Å²) in [6.45, 7) is 1.30. The Morgan fingerprint density at radius 2 is 2.11 bits per heavy atom. The quantitative estimate of drug-likeness (QED) is 0.837. The molecule has 1 atom stereocenters. The molecule has 0 bridgehead atoms. The molecule has 1 aliphatic rings. The molecule has 0 saturated heterocycles. The molecule has 5 heteroatoms. The van der Waals surface area contributed by atoms with Crippen LogP contribution in [0, 0.1) is 0 Å². The fourth-order valence-corrected chi connectivity index (χ4v) is 2.06. The molecule has 3 nitrogen and oxygen atoms in total. The van der Waals surface area contributed by atoms with E-state index < -0.39 is 18.0 Å². The number of rotatable bonds is 5. The Bertz CT molecular complexity index is 470. The summed E-state index contributed by atoms with van der Waals surface area (Å²) in [4.78, 5) is 11.2. The van der Waals surface area contributed by atoms with Crippen molar-refractivity contribution in [3.05, 3.63) is 35.4 Å². The lowest BCUT2D eigenvalue weighted by atomic mass is 9.95. The first-order valence-corrected chi connectivity index (χ1v) is 6.30. The molecule has 1 aromatic rings. The monoisotopic (exact) mass is 270 g/mol. The predicted molar refractivity (Wildman–Crippen MR) is 65.0 cm³/mol. The minimum absolute atomic E-state index is 0.114. The first kappa shape index (κ1) is 13.9. The van der Waals surface area contributed by atoms with E-state index in [1.54, 1.807) is 18.2 Å². The number of alkyl halides is 2. The molecule has 1 saturated carbocycles. The first-order chi connectivity index (χ1) is 8.98. The van der Waals surface area contributed by atoms with Gasteiger partial charge in [0.1, 0.15) is 0 Å². The smallest absolute Gasteiger partial charge is 0.380 e. The molecule has 0 amide bonds. The van der Waals surface area contributed by atoms with Crippen LogP contribution >= 0.6 is 0 Å². The molecule has 1 N–H and O–H groups in total. The third kappa shape index (κ3) is 2.76. The number of halogens is 2. The van der Waals surface area contributed by atoms with Crippen molar-refractivity contribution in [3.8, 4) is 0 Å². The minimum atomic E-state index is -3.93. The van der Waals surface area contributed by atoms with Crippen LogP contribution in [0.2, 0.25) is 0 Å². The van der Waals surface area contributed by atoms with Gasteiger partial charge in [0.05, 0.1) is 6.61 Å². The average molecular weight is 270 g/mol. The van der Waals surface area contributed by atoms with Crippen LogP contribution in [-0.2, 0) is 9.53 Å². The second-order valence-electron chi connectivity index (χ2n) is 4.65. The lowest BCUT2D eigenvalue weighted by Gasteiger charge is -2.22. The van der Waals surface area contributed by atoms with Gasteiger partial charge in [0, 0.05) is 0 Å². The molecule has 19 heavy (non-hydrogen) atoms. The number of hydrogen-bond acceptors (Lipinski definition) is 3. The molecule has 0 heterocycles. The predicted octanol–water partition coefficient (Wildman–Crippen LogP) is 2.80. The van der Waals surface area contributed by atoms with Gasteiger partial charge in [0.25, 0.3) is 0 Å². The number of carbonyl (C=O) groups is 1. The lowest BCUT2D eigenvalue weighted by molar-refractivity contribution is -0.189. The van der Waals surface area contributed by atoms with E-state index in [9.17, 15) is 18.7 Å². The highest BCUT2D eigenvalue weighted by Crippen LogP contribution is 2.45. The van der Waals surface area contributed by atoms with Gasteiger partial charge >= 0.3 is 11.9 Å². The van der Waals surface area contributed by atoms with Gasteiger partial charge in [-0.2, -0.15) is 8.78 Å². The minimum Gasteiger partial charge on any atom is -0.461 e. The summed E-state index contributed by atoms with van der Waals surface area (Å²) >= 11 is 0. The third-order valence-electron chi connectivity index (χ3n) is 3.20. The van der Waals surface area contributed by atoms with Crippen molar-refractivity contribution in [2.45, 2.75) is 37.7 Å². The van der Waals surface area contributed by atoms with E-state index in [2.05, 4.69) is 4.74 Å². The van der Waals surface area contributed by atoms with E-state index in [0.717, 1.165) is 12.8 Å². The molecule has 1 fully saturated rings. The van der Waals surface area contributed by atoms with Crippen molar-refractivity contribution in [1.29, 1.82) is 0 Å². The largest absolute Gasteiger partial charge is 0.461 e. The Morgan fingerprint density at radius 3 is 2.68 bits per heavy atom. The SMILES string of the molecule is CCOC(=O)C(F)(F)C(O)c1ccccc1C1CC1. The van der Waals surface area contributed by atoms with Crippen LogP contribution in [0.15, 0.2) is 24.3 Å². The van der Waals surface area contributed by atoms with Crippen LogP contribution in [0.25, 0.3) is 0 Å². The first-order valence-electron chi connectivity index (χ1n) is 6.30. The number of carbonyl (C=O) groups excluding carboxylic acids is 1. The second kappa shape index (κ2) is 5.25. The summed E-state index contributed by atoms with van der Waals surface area (Å²) in [7, 11) is 0. The van der Waals surface area contributed by atoms with E-state index >= 15 is 0 Å². The second-order valence-corrected chi connectivity index (χ2v) is 4.65. The Kier molecular flexibility index (Phi) is 3.85. The number of aliphatic hydroxyl groups excluding tert-OH is 1. The molecule has 1 aromatic carbocycles. The van der Waals surface area contributed by atoms with Crippen molar-refractivity contribution in [2.24, 2.45) is 0 Å². The zero-order chi connectivity index (χ0) is 14.0. The normalized spacial score (nSPS) is 17.1. The topological polar surface area (TPSA) is 46.5 Å². The van der Waals surface area contributed by atoms with Gasteiger partial charge in [-0.1, -0.05) is 24.3 Å². The zero-order valence-corrected chi connectivity index (χ0v) is 10.6. The van der Waals surface area contributed by atoms with Crippen molar-refractivity contribution in [2.75, 3.05) is 6.61 Å². The molecule has 2 rings (SSSR count). The molecule has 0 aromatic heterocycles. The summed E-state index contributed by atoms with van der Waals surface area (Å²) in [6.07, 6.45) is -0.313. The average Bonchev–Trinajstić information content (AvgIpc) is 3.22. The van der Waals surface area contributed by atoms with Gasteiger partial charge in [0.2, 0.25) is 0 Å². The summed E-state index contributed by atoms with van der Waals surface area (Å²) in [5, 5.41) is 9.85. The van der Waals surface area contributed by atoms with Gasteiger partial charge in [-0.05, 0) is 36.8 Å². The lowest BCUT2D eigenvalue weighted by Crippen LogP contribution is -2.37.